The number of nitrogens with one attached hydrogen (secondary N) is 2. The number of methoxy groups -OCH3 is 1. The summed E-state index contributed by atoms with van der Waals surface area (Å²) in [6.45, 7) is 8.01. The Balaban J connectivity index is 2.05. The predicted octanol–water partition coefficient (Wildman–Crippen LogP) is 4.00. The maximum atomic E-state index is 12.5. The summed E-state index contributed by atoms with van der Waals surface area (Å²) in [6.07, 6.45) is 4.70. The highest BCUT2D eigenvalue weighted by Gasteiger charge is 2.31. The van der Waals surface area contributed by atoms with E-state index < -0.39 is 0 Å². The van der Waals surface area contributed by atoms with Gasteiger partial charge in [-0.15, -0.1) is 6.58 Å². The van der Waals surface area contributed by atoms with Gasteiger partial charge in [-0.05, 0) is 42.7 Å². The molecule has 1 aromatic carbocycles. The lowest BCUT2D eigenvalue weighted by Gasteiger charge is -2.19. The Morgan fingerprint density at radius 3 is 2.76 bits per heavy atom. The molecule has 1 aromatic rings. The molecule has 2 rings (SSSR count). The molecule has 2 N–H and O–H groups in total. The maximum Gasteiger partial charge on any atom is 0.319 e. The van der Waals surface area contributed by atoms with Crippen molar-refractivity contribution in [3.8, 4) is 0 Å². The second-order valence-corrected chi connectivity index (χ2v) is 6.86. The van der Waals surface area contributed by atoms with E-state index in [1.165, 1.54) is 7.11 Å². The number of para-hydroxylation sites is 1. The van der Waals surface area contributed by atoms with Gasteiger partial charge in [0.25, 0.3) is 0 Å². The summed E-state index contributed by atoms with van der Waals surface area (Å²) in [5, 5.41) is 6.00. The number of amides is 2. The third-order valence-corrected chi connectivity index (χ3v) is 4.71. The Labute approximate surface area is 149 Å². The van der Waals surface area contributed by atoms with Crippen LogP contribution in [0.1, 0.15) is 50.2 Å². The number of carbonyl (C=O) groups is 2. The Morgan fingerprint density at radius 2 is 2.12 bits per heavy atom. The molecule has 2 amide bonds. The van der Waals surface area contributed by atoms with E-state index in [0.29, 0.717) is 18.8 Å². The number of rotatable bonds is 6. The molecular weight excluding hydrogens is 316 g/mol. The molecule has 0 aromatic heterocycles. The normalized spacial score (nSPS) is 19.5. The minimum absolute atomic E-state index is 0.00170. The Kier molecular flexibility index (Phi) is 6.62. The molecule has 1 saturated carbocycles. The average molecular weight is 344 g/mol. The van der Waals surface area contributed by atoms with Crippen molar-refractivity contribution in [2.75, 3.05) is 12.4 Å². The first kappa shape index (κ1) is 19.0. The fourth-order valence-electron chi connectivity index (χ4n) is 3.41. The number of anilines is 1. The van der Waals surface area contributed by atoms with Crippen molar-refractivity contribution in [2.24, 2.45) is 5.92 Å². The number of allylic oxidation sites excluding steroid dienone is 1. The van der Waals surface area contributed by atoms with Crippen LogP contribution in [-0.4, -0.2) is 25.2 Å². The number of esters is 1. The van der Waals surface area contributed by atoms with Crippen LogP contribution in [0.15, 0.2) is 30.9 Å². The molecule has 0 radical (unpaired) electrons. The van der Waals surface area contributed by atoms with Gasteiger partial charge in [0, 0.05) is 11.7 Å². The van der Waals surface area contributed by atoms with Crippen LogP contribution in [0.3, 0.4) is 0 Å². The lowest BCUT2D eigenvalue weighted by molar-refractivity contribution is -0.145. The highest BCUT2D eigenvalue weighted by Crippen LogP contribution is 2.29. The number of benzene rings is 1. The zero-order valence-electron chi connectivity index (χ0n) is 15.3. The molecule has 0 heterocycles. The molecule has 25 heavy (non-hydrogen) atoms. The third-order valence-electron chi connectivity index (χ3n) is 4.71. The molecule has 0 bridgehead atoms. The van der Waals surface area contributed by atoms with Crippen molar-refractivity contribution >= 4 is 17.7 Å². The number of ether oxygens (including phenoxy) is 1. The van der Waals surface area contributed by atoms with Gasteiger partial charge in [0.15, 0.2) is 0 Å². The molecule has 1 aliphatic carbocycles. The number of hydrogen-bond donors (Lipinski definition) is 2. The zero-order chi connectivity index (χ0) is 18.4. The van der Waals surface area contributed by atoms with Crippen LogP contribution in [-0.2, 0) is 16.0 Å². The summed E-state index contributed by atoms with van der Waals surface area (Å²) in [4.78, 5) is 24.1. The van der Waals surface area contributed by atoms with E-state index in [-0.39, 0.29) is 24.0 Å². The molecule has 5 nitrogen and oxygen atoms in total. The van der Waals surface area contributed by atoms with Crippen molar-refractivity contribution < 1.29 is 14.3 Å². The van der Waals surface area contributed by atoms with Crippen LogP contribution in [0.2, 0.25) is 0 Å². The summed E-state index contributed by atoms with van der Waals surface area (Å²) < 4.78 is 4.79. The van der Waals surface area contributed by atoms with E-state index in [1.807, 2.05) is 24.3 Å². The lowest BCUT2D eigenvalue weighted by atomic mass is 9.96. The van der Waals surface area contributed by atoms with E-state index in [1.54, 1.807) is 0 Å². The third kappa shape index (κ3) is 4.84. The topological polar surface area (TPSA) is 67.4 Å². The highest BCUT2D eigenvalue weighted by molar-refractivity contribution is 5.91. The summed E-state index contributed by atoms with van der Waals surface area (Å²) in [5.74, 6) is -0.00652. The van der Waals surface area contributed by atoms with Gasteiger partial charge >= 0.3 is 12.0 Å². The van der Waals surface area contributed by atoms with Crippen molar-refractivity contribution in [3.63, 3.8) is 0 Å². The summed E-state index contributed by atoms with van der Waals surface area (Å²) in [5.41, 5.74) is 3.01. The quantitative estimate of drug-likeness (QED) is 0.605. The van der Waals surface area contributed by atoms with Crippen molar-refractivity contribution in [2.45, 2.75) is 51.5 Å². The molecule has 5 heteroatoms. The monoisotopic (exact) mass is 344 g/mol. The highest BCUT2D eigenvalue weighted by atomic mass is 16.5. The molecule has 136 valence electrons. The molecule has 0 aliphatic heterocycles. The largest absolute Gasteiger partial charge is 0.469 e. The Bertz CT molecular complexity index is 640. The molecule has 2 atom stereocenters. The first-order chi connectivity index (χ1) is 12.0. The number of carbonyl (C=O) groups excluding carboxylic acids is 2. The van der Waals surface area contributed by atoms with Gasteiger partial charge in [0.05, 0.1) is 13.0 Å². The minimum Gasteiger partial charge on any atom is -0.469 e. The molecule has 1 aliphatic rings. The summed E-state index contributed by atoms with van der Waals surface area (Å²) >= 11 is 0. The summed E-state index contributed by atoms with van der Waals surface area (Å²) in [6, 6.07) is 5.82. The van der Waals surface area contributed by atoms with Crippen molar-refractivity contribution in [3.05, 3.63) is 42.0 Å². The number of urea groups is 1. The fourth-order valence-corrected chi connectivity index (χ4v) is 3.41. The van der Waals surface area contributed by atoms with E-state index in [0.717, 1.165) is 29.7 Å². The first-order valence-electron chi connectivity index (χ1n) is 8.84. The maximum absolute atomic E-state index is 12.5. The molecule has 1 fully saturated rings. The van der Waals surface area contributed by atoms with E-state index in [9.17, 15) is 9.59 Å². The van der Waals surface area contributed by atoms with E-state index in [4.69, 9.17) is 4.74 Å². The molecular formula is C20H28N2O3. The first-order valence-corrected chi connectivity index (χ1v) is 8.84. The van der Waals surface area contributed by atoms with Gasteiger partial charge in [0.2, 0.25) is 0 Å². The Morgan fingerprint density at radius 1 is 1.36 bits per heavy atom. The van der Waals surface area contributed by atoms with Crippen LogP contribution in [0, 0.1) is 5.92 Å². The van der Waals surface area contributed by atoms with Crippen LogP contribution in [0.5, 0.6) is 0 Å². The zero-order valence-corrected chi connectivity index (χ0v) is 15.3. The van der Waals surface area contributed by atoms with Gasteiger partial charge in [-0.2, -0.15) is 0 Å². The minimum atomic E-state index is -0.228. The Hall–Kier alpha value is -2.30. The average Bonchev–Trinajstić information content (AvgIpc) is 3.04. The molecule has 0 spiro atoms. The second kappa shape index (κ2) is 8.70. The lowest BCUT2D eigenvalue weighted by Crippen LogP contribution is -2.37. The standard InChI is InChI=1S/C20H28N2O3/c1-5-7-14-8-6-9-17(13(2)3)18(14)22-20(24)21-16-11-10-15(12-16)19(23)25-4/h5-6,8-9,13,15-16H,1,7,10-12H2,2-4H3,(H2,21,22,24)/t15-,16+/m0/s1. The van der Waals surface area contributed by atoms with E-state index in [2.05, 4.69) is 31.1 Å². The fraction of sp³-hybridized carbons (Fsp3) is 0.500. The van der Waals surface area contributed by atoms with Crippen LogP contribution < -0.4 is 10.6 Å². The van der Waals surface area contributed by atoms with Crippen molar-refractivity contribution in [1.29, 1.82) is 0 Å². The van der Waals surface area contributed by atoms with Gasteiger partial charge < -0.3 is 15.4 Å². The van der Waals surface area contributed by atoms with E-state index >= 15 is 0 Å². The van der Waals surface area contributed by atoms with Crippen LogP contribution in [0.4, 0.5) is 10.5 Å². The molecule has 0 saturated heterocycles. The smallest absolute Gasteiger partial charge is 0.319 e. The van der Waals surface area contributed by atoms with Crippen LogP contribution in [0.25, 0.3) is 0 Å². The van der Waals surface area contributed by atoms with Crippen molar-refractivity contribution in [1.82, 2.24) is 5.32 Å². The second-order valence-electron chi connectivity index (χ2n) is 6.86. The van der Waals surface area contributed by atoms with Gasteiger partial charge in [-0.3, -0.25) is 4.79 Å². The molecule has 0 unspecified atom stereocenters. The SMILES string of the molecule is C=CCc1cccc(C(C)C)c1NC(=O)N[C@@H]1CC[C@H](C(=O)OC)C1. The predicted molar refractivity (Wildman–Crippen MR) is 99.7 cm³/mol. The van der Waals surface area contributed by atoms with Gasteiger partial charge in [0.1, 0.15) is 0 Å². The van der Waals surface area contributed by atoms with Gasteiger partial charge in [-0.1, -0.05) is 38.1 Å². The van der Waals surface area contributed by atoms with Gasteiger partial charge in [-0.25, -0.2) is 4.79 Å². The van der Waals surface area contributed by atoms with Crippen LogP contribution >= 0.6 is 0 Å². The summed E-state index contributed by atoms with van der Waals surface area (Å²) in [7, 11) is 1.40. The number of hydrogen-bond acceptors (Lipinski definition) is 3.